The molecule has 1 aromatic heterocycles. The van der Waals surface area contributed by atoms with E-state index >= 15 is 0 Å². The van der Waals surface area contributed by atoms with Crippen molar-refractivity contribution in [2.45, 2.75) is 43.4 Å². The van der Waals surface area contributed by atoms with E-state index in [0.717, 1.165) is 5.56 Å². The van der Waals surface area contributed by atoms with Gasteiger partial charge >= 0.3 is 0 Å². The number of carbonyl (C=O) groups is 1. The molecular weight excluding hydrogens is 310 g/mol. The summed E-state index contributed by atoms with van der Waals surface area (Å²) in [5, 5.41) is -0.235. The van der Waals surface area contributed by atoms with Gasteiger partial charge in [-0.25, -0.2) is 4.98 Å². The minimum atomic E-state index is -0.235. The lowest BCUT2D eigenvalue weighted by molar-refractivity contribution is -0.118. The average molecular weight is 329 g/mol. The topological polar surface area (TPSA) is 66.1 Å². The third-order valence-corrected chi connectivity index (χ3v) is 5.28. The summed E-state index contributed by atoms with van der Waals surface area (Å²) in [4.78, 5) is 34.7. The predicted molar refractivity (Wildman–Crippen MR) is 91.8 cm³/mol. The van der Waals surface area contributed by atoms with Crippen LogP contribution in [0.25, 0.3) is 0 Å². The van der Waals surface area contributed by atoms with Crippen LogP contribution in [0.3, 0.4) is 0 Å². The molecule has 0 fully saturated rings. The predicted octanol–water partition coefficient (Wildman–Crippen LogP) is 2.75. The van der Waals surface area contributed by atoms with E-state index in [1.807, 2.05) is 44.2 Å². The van der Waals surface area contributed by atoms with Gasteiger partial charge in [0.15, 0.2) is 5.82 Å². The Labute approximate surface area is 139 Å². The van der Waals surface area contributed by atoms with Crippen molar-refractivity contribution in [1.82, 2.24) is 9.97 Å². The molecule has 0 spiro atoms. The zero-order chi connectivity index (χ0) is 16.4. The third-order valence-electron chi connectivity index (χ3n) is 3.85. The van der Waals surface area contributed by atoms with Gasteiger partial charge in [-0.2, -0.15) is 0 Å². The first-order chi connectivity index (χ1) is 11.1. The largest absolute Gasteiger partial charge is 0.309 e. The van der Waals surface area contributed by atoms with E-state index in [1.54, 1.807) is 4.90 Å². The van der Waals surface area contributed by atoms with Crippen LogP contribution in [0.15, 0.2) is 40.0 Å². The molecule has 6 heteroatoms. The molecule has 23 heavy (non-hydrogen) atoms. The third kappa shape index (κ3) is 3.03. The second-order valence-electron chi connectivity index (χ2n) is 5.44. The number of amides is 1. The van der Waals surface area contributed by atoms with Gasteiger partial charge < -0.3 is 4.98 Å². The van der Waals surface area contributed by atoms with Crippen molar-refractivity contribution in [3.63, 3.8) is 0 Å². The van der Waals surface area contributed by atoms with Gasteiger partial charge in [0.2, 0.25) is 5.91 Å². The van der Waals surface area contributed by atoms with E-state index in [1.165, 1.54) is 11.8 Å². The number of aryl methyl sites for hydroxylation is 1. The lowest BCUT2D eigenvalue weighted by Gasteiger charge is -2.32. The van der Waals surface area contributed by atoms with E-state index in [0.29, 0.717) is 35.9 Å². The number of aromatic amines is 1. The monoisotopic (exact) mass is 329 g/mol. The van der Waals surface area contributed by atoms with Crippen molar-refractivity contribution in [1.29, 1.82) is 0 Å². The number of fused-ring (bicyclic) bond motifs is 1. The van der Waals surface area contributed by atoms with E-state index < -0.39 is 0 Å². The zero-order valence-corrected chi connectivity index (χ0v) is 14.0. The Morgan fingerprint density at radius 3 is 2.61 bits per heavy atom. The molecule has 1 atom stereocenters. The molecular formula is C17H19N3O2S. The summed E-state index contributed by atoms with van der Waals surface area (Å²) in [7, 11) is 0. The van der Waals surface area contributed by atoms with Crippen LogP contribution in [0, 0.1) is 0 Å². The Bertz CT molecular complexity index is 773. The van der Waals surface area contributed by atoms with Crippen LogP contribution in [0.4, 0.5) is 5.82 Å². The Morgan fingerprint density at radius 2 is 1.96 bits per heavy atom. The van der Waals surface area contributed by atoms with Gasteiger partial charge in [0.25, 0.3) is 5.56 Å². The summed E-state index contributed by atoms with van der Waals surface area (Å²) in [5.41, 5.74) is 0.870. The van der Waals surface area contributed by atoms with Gasteiger partial charge in [0.1, 0.15) is 10.7 Å². The zero-order valence-electron chi connectivity index (χ0n) is 13.2. The van der Waals surface area contributed by atoms with Crippen LogP contribution in [0.5, 0.6) is 0 Å². The molecule has 1 aliphatic rings. The van der Waals surface area contributed by atoms with Gasteiger partial charge in [-0.3, -0.25) is 14.5 Å². The molecule has 0 saturated heterocycles. The molecule has 2 aromatic rings. The first kappa shape index (κ1) is 15.8. The Morgan fingerprint density at radius 1 is 1.22 bits per heavy atom. The molecule has 0 radical (unpaired) electrons. The van der Waals surface area contributed by atoms with Crippen molar-refractivity contribution >= 4 is 23.5 Å². The van der Waals surface area contributed by atoms with Gasteiger partial charge in [-0.15, -0.1) is 11.8 Å². The summed E-state index contributed by atoms with van der Waals surface area (Å²) in [6.07, 6.45) is 1.31. The summed E-state index contributed by atoms with van der Waals surface area (Å²) in [5.74, 6) is 1.12. The first-order valence-corrected chi connectivity index (χ1v) is 8.67. The van der Waals surface area contributed by atoms with Crippen LogP contribution in [0.2, 0.25) is 0 Å². The normalized spacial score (nSPS) is 17.2. The quantitative estimate of drug-likeness (QED) is 0.937. The van der Waals surface area contributed by atoms with Gasteiger partial charge in [-0.1, -0.05) is 44.2 Å². The van der Waals surface area contributed by atoms with Crippen molar-refractivity contribution in [3.8, 4) is 0 Å². The molecule has 1 unspecified atom stereocenters. The molecule has 5 nitrogen and oxygen atoms in total. The highest BCUT2D eigenvalue weighted by atomic mass is 32.2. The molecule has 3 rings (SSSR count). The van der Waals surface area contributed by atoms with Crippen LogP contribution in [-0.4, -0.2) is 21.1 Å². The van der Waals surface area contributed by atoms with Crippen LogP contribution < -0.4 is 10.5 Å². The number of nitrogens with one attached hydrogen (secondary N) is 1. The van der Waals surface area contributed by atoms with E-state index in [9.17, 15) is 9.59 Å². The highest BCUT2D eigenvalue weighted by Crippen LogP contribution is 2.37. The van der Waals surface area contributed by atoms with Crippen LogP contribution >= 0.6 is 11.8 Å². The first-order valence-electron chi connectivity index (χ1n) is 7.79. The molecule has 1 N–H and O–H groups in total. The molecule has 1 amide bonds. The SMILES string of the molecule is CCc1nc2c(c(=O)[nH]1)SC(CC)C(=O)N2Cc1ccccc1. The van der Waals surface area contributed by atoms with E-state index in [4.69, 9.17) is 0 Å². The molecule has 120 valence electrons. The number of benzene rings is 1. The number of anilines is 1. The number of thioether (sulfide) groups is 1. The highest BCUT2D eigenvalue weighted by molar-refractivity contribution is 8.01. The fraction of sp³-hybridized carbons (Fsp3) is 0.353. The van der Waals surface area contributed by atoms with Crippen molar-refractivity contribution in [2.24, 2.45) is 0 Å². The smallest absolute Gasteiger partial charge is 0.266 e. The van der Waals surface area contributed by atoms with E-state index in [2.05, 4.69) is 9.97 Å². The number of rotatable bonds is 4. The molecule has 0 saturated carbocycles. The highest BCUT2D eigenvalue weighted by Gasteiger charge is 2.35. The average Bonchev–Trinajstić information content (AvgIpc) is 2.58. The lowest BCUT2D eigenvalue weighted by atomic mass is 10.2. The number of carbonyl (C=O) groups excluding carboxylic acids is 1. The minimum absolute atomic E-state index is 0.0222. The Hall–Kier alpha value is -2.08. The molecule has 2 heterocycles. The summed E-state index contributed by atoms with van der Waals surface area (Å²) >= 11 is 1.33. The summed E-state index contributed by atoms with van der Waals surface area (Å²) in [6.45, 7) is 4.32. The van der Waals surface area contributed by atoms with Crippen molar-refractivity contribution < 1.29 is 4.79 Å². The van der Waals surface area contributed by atoms with Gasteiger partial charge in [-0.05, 0) is 12.0 Å². The molecule has 0 aliphatic carbocycles. The maximum Gasteiger partial charge on any atom is 0.266 e. The lowest BCUT2D eigenvalue weighted by Crippen LogP contribution is -2.42. The molecule has 1 aliphatic heterocycles. The van der Waals surface area contributed by atoms with E-state index in [-0.39, 0.29) is 16.7 Å². The van der Waals surface area contributed by atoms with Crippen molar-refractivity contribution in [2.75, 3.05) is 4.90 Å². The Balaban J connectivity index is 2.08. The van der Waals surface area contributed by atoms with Crippen LogP contribution in [0.1, 0.15) is 31.7 Å². The van der Waals surface area contributed by atoms with Crippen molar-refractivity contribution in [3.05, 3.63) is 52.1 Å². The maximum atomic E-state index is 12.8. The summed E-state index contributed by atoms with van der Waals surface area (Å²) in [6, 6.07) is 9.78. The molecule has 1 aromatic carbocycles. The van der Waals surface area contributed by atoms with Gasteiger partial charge in [0.05, 0.1) is 11.8 Å². The number of aromatic nitrogens is 2. The fourth-order valence-corrected chi connectivity index (χ4v) is 3.70. The molecule has 0 bridgehead atoms. The number of nitrogens with zero attached hydrogens (tertiary/aromatic N) is 2. The summed E-state index contributed by atoms with van der Waals surface area (Å²) < 4.78 is 0. The second kappa shape index (κ2) is 6.58. The number of hydrogen-bond acceptors (Lipinski definition) is 4. The van der Waals surface area contributed by atoms with Crippen LogP contribution in [-0.2, 0) is 17.8 Å². The maximum absolute atomic E-state index is 12.8. The second-order valence-corrected chi connectivity index (χ2v) is 6.66. The number of H-pyrrole nitrogens is 1. The minimum Gasteiger partial charge on any atom is -0.309 e. The Kier molecular flexibility index (Phi) is 4.52. The fourth-order valence-electron chi connectivity index (χ4n) is 2.60. The standard InChI is InChI=1S/C17H19N3O2S/c1-3-12-17(22)20(10-11-8-6-5-7-9-11)15-14(23-12)16(21)19-13(4-2)18-15/h5-9,12H,3-4,10H2,1-2H3,(H,18,19,21). The number of hydrogen-bond donors (Lipinski definition) is 1. The van der Waals surface area contributed by atoms with Gasteiger partial charge in [0, 0.05) is 6.42 Å².